The lowest BCUT2D eigenvalue weighted by Crippen LogP contribution is -2.18. The molecule has 7 nitrogen and oxygen atoms in total. The van der Waals surface area contributed by atoms with E-state index in [1.165, 1.54) is 35.2 Å². The fraction of sp³-hybridized carbons (Fsp3) is 0.250. The van der Waals surface area contributed by atoms with E-state index in [2.05, 4.69) is 25.9 Å². The summed E-state index contributed by atoms with van der Waals surface area (Å²) in [5, 5.41) is 18.6. The van der Waals surface area contributed by atoms with Crippen molar-refractivity contribution in [2.75, 3.05) is 16.4 Å². The van der Waals surface area contributed by atoms with E-state index in [4.69, 9.17) is 0 Å². The molecule has 0 saturated heterocycles. The van der Waals surface area contributed by atoms with Gasteiger partial charge in [0.15, 0.2) is 4.34 Å². The molecule has 0 aliphatic rings. The highest BCUT2D eigenvalue weighted by molar-refractivity contribution is 8.01. The summed E-state index contributed by atoms with van der Waals surface area (Å²) < 4.78 is 15.6. The Morgan fingerprint density at radius 3 is 2.96 bits per heavy atom. The van der Waals surface area contributed by atoms with Gasteiger partial charge in [-0.15, -0.1) is 10.2 Å². The summed E-state index contributed by atoms with van der Waals surface area (Å²) >= 11 is 2.59. The van der Waals surface area contributed by atoms with Crippen molar-refractivity contribution < 1.29 is 9.18 Å². The molecule has 0 radical (unpaired) electrons. The zero-order valence-electron chi connectivity index (χ0n) is 14.1. The first-order chi connectivity index (χ1) is 12.5. The highest BCUT2D eigenvalue weighted by Gasteiger charge is 2.12. The van der Waals surface area contributed by atoms with E-state index in [1.54, 1.807) is 29.1 Å². The van der Waals surface area contributed by atoms with Crippen molar-refractivity contribution in [3.05, 3.63) is 42.3 Å². The van der Waals surface area contributed by atoms with Gasteiger partial charge in [-0.05, 0) is 32.0 Å². The molecule has 3 aromatic rings. The van der Waals surface area contributed by atoms with Gasteiger partial charge in [-0.1, -0.05) is 29.2 Å². The van der Waals surface area contributed by atoms with Gasteiger partial charge in [-0.3, -0.25) is 4.79 Å². The molecule has 26 heavy (non-hydrogen) atoms. The van der Waals surface area contributed by atoms with Gasteiger partial charge >= 0.3 is 0 Å². The van der Waals surface area contributed by atoms with E-state index in [0.717, 1.165) is 0 Å². The van der Waals surface area contributed by atoms with Gasteiger partial charge in [0.2, 0.25) is 11.0 Å². The van der Waals surface area contributed by atoms with Crippen molar-refractivity contribution in [3.63, 3.8) is 0 Å². The van der Waals surface area contributed by atoms with Gasteiger partial charge in [-0.25, -0.2) is 9.07 Å². The number of amides is 1. The van der Waals surface area contributed by atoms with Gasteiger partial charge in [0, 0.05) is 17.8 Å². The number of thioether (sulfide) groups is 1. The zero-order chi connectivity index (χ0) is 18.5. The third-order valence-corrected chi connectivity index (χ3v) is 5.21. The molecule has 0 bridgehead atoms. The fourth-order valence-corrected chi connectivity index (χ4v) is 3.71. The lowest BCUT2D eigenvalue weighted by atomic mass is 10.3. The molecule has 0 saturated carbocycles. The van der Waals surface area contributed by atoms with Crippen LogP contribution in [0.5, 0.6) is 0 Å². The van der Waals surface area contributed by atoms with E-state index in [9.17, 15) is 9.18 Å². The van der Waals surface area contributed by atoms with Crippen molar-refractivity contribution in [2.24, 2.45) is 0 Å². The first kappa shape index (κ1) is 18.3. The summed E-state index contributed by atoms with van der Waals surface area (Å²) in [6.07, 6.45) is 1.65. The molecule has 0 aliphatic carbocycles. The Hall–Kier alpha value is -2.46. The van der Waals surface area contributed by atoms with Crippen LogP contribution >= 0.6 is 23.1 Å². The van der Waals surface area contributed by atoms with Crippen molar-refractivity contribution in [3.8, 4) is 0 Å². The second-order valence-corrected chi connectivity index (χ2v) is 7.80. The van der Waals surface area contributed by atoms with Gasteiger partial charge in [-0.2, -0.15) is 5.10 Å². The minimum atomic E-state index is -0.327. The lowest BCUT2D eigenvalue weighted by Gasteiger charge is -2.11. The molecule has 1 aromatic carbocycles. The third-order valence-electron chi connectivity index (χ3n) is 3.24. The number of rotatable bonds is 7. The molecule has 0 spiro atoms. The first-order valence-corrected chi connectivity index (χ1v) is 9.64. The second kappa shape index (κ2) is 8.28. The molecule has 2 N–H and O–H groups in total. The molecular formula is C16H17FN6OS2. The van der Waals surface area contributed by atoms with E-state index in [-0.39, 0.29) is 23.5 Å². The standard InChI is InChI=1S/C16H17FN6OS2/c1-10(2)23-13(6-7-18-23)20-14(24)9-25-16-22-21-15(26-16)19-12-5-3-4-11(17)8-12/h3-8,10H,9H2,1-2H3,(H,19,21)(H,20,24). The molecule has 0 fully saturated rings. The van der Waals surface area contributed by atoms with Crippen LogP contribution in [0.15, 0.2) is 40.9 Å². The Balaban J connectivity index is 1.53. The Bertz CT molecular complexity index is 894. The molecule has 2 heterocycles. The third kappa shape index (κ3) is 4.79. The maximum Gasteiger partial charge on any atom is 0.235 e. The van der Waals surface area contributed by atoms with Crippen molar-refractivity contribution in [2.45, 2.75) is 24.2 Å². The highest BCUT2D eigenvalue weighted by Crippen LogP contribution is 2.28. The number of anilines is 3. The number of hydrogen-bond donors (Lipinski definition) is 2. The van der Waals surface area contributed by atoms with Crippen molar-refractivity contribution >= 4 is 45.6 Å². The Kier molecular flexibility index (Phi) is 5.84. The van der Waals surface area contributed by atoms with Crippen LogP contribution in [0.1, 0.15) is 19.9 Å². The molecule has 0 atom stereocenters. The number of aromatic nitrogens is 4. The van der Waals surface area contributed by atoms with Crippen molar-refractivity contribution in [1.82, 2.24) is 20.0 Å². The molecule has 0 aliphatic heterocycles. The van der Waals surface area contributed by atoms with Crippen LogP contribution in [0.3, 0.4) is 0 Å². The smallest absolute Gasteiger partial charge is 0.235 e. The van der Waals surface area contributed by atoms with Crippen LogP contribution < -0.4 is 10.6 Å². The molecule has 10 heteroatoms. The summed E-state index contributed by atoms with van der Waals surface area (Å²) in [5.74, 6) is 0.396. The van der Waals surface area contributed by atoms with Crippen LogP contribution in [0.4, 0.5) is 21.0 Å². The average Bonchev–Trinajstić information content (AvgIpc) is 3.22. The van der Waals surface area contributed by atoms with E-state index >= 15 is 0 Å². The molecule has 1 amide bonds. The zero-order valence-corrected chi connectivity index (χ0v) is 15.8. The maximum absolute atomic E-state index is 13.2. The monoisotopic (exact) mass is 392 g/mol. The first-order valence-electron chi connectivity index (χ1n) is 7.83. The predicted molar refractivity (Wildman–Crippen MR) is 102 cm³/mol. The summed E-state index contributed by atoms with van der Waals surface area (Å²) in [7, 11) is 0. The summed E-state index contributed by atoms with van der Waals surface area (Å²) in [4.78, 5) is 12.1. The summed E-state index contributed by atoms with van der Waals surface area (Å²) in [6.45, 7) is 3.98. The molecule has 3 rings (SSSR count). The Morgan fingerprint density at radius 1 is 1.35 bits per heavy atom. The molecule has 2 aromatic heterocycles. The number of halogens is 1. The normalized spacial score (nSPS) is 10.9. The highest BCUT2D eigenvalue weighted by atomic mass is 32.2. The maximum atomic E-state index is 13.2. The van der Waals surface area contributed by atoms with Crippen LogP contribution in [-0.4, -0.2) is 31.6 Å². The minimum absolute atomic E-state index is 0.146. The van der Waals surface area contributed by atoms with Gasteiger partial charge in [0.05, 0.1) is 11.9 Å². The van der Waals surface area contributed by atoms with Crippen LogP contribution in [0.25, 0.3) is 0 Å². The van der Waals surface area contributed by atoms with Gasteiger partial charge in [0.25, 0.3) is 0 Å². The van der Waals surface area contributed by atoms with Gasteiger partial charge < -0.3 is 10.6 Å². The average molecular weight is 392 g/mol. The summed E-state index contributed by atoms with van der Waals surface area (Å²) in [6, 6.07) is 8.01. The number of carbonyl (C=O) groups is 1. The van der Waals surface area contributed by atoms with E-state index in [0.29, 0.717) is 21.0 Å². The van der Waals surface area contributed by atoms with E-state index < -0.39 is 0 Å². The molecular weight excluding hydrogens is 375 g/mol. The molecule has 0 unspecified atom stereocenters. The van der Waals surface area contributed by atoms with E-state index in [1.807, 2.05) is 13.8 Å². The van der Waals surface area contributed by atoms with Crippen LogP contribution in [-0.2, 0) is 4.79 Å². The number of hydrogen-bond acceptors (Lipinski definition) is 7. The number of carbonyl (C=O) groups excluding carboxylic acids is 1. The van der Waals surface area contributed by atoms with Gasteiger partial charge in [0.1, 0.15) is 11.6 Å². The predicted octanol–water partition coefficient (Wildman–Crippen LogP) is 3.93. The topological polar surface area (TPSA) is 84.7 Å². The largest absolute Gasteiger partial charge is 0.330 e. The van der Waals surface area contributed by atoms with Crippen LogP contribution in [0.2, 0.25) is 0 Å². The van der Waals surface area contributed by atoms with Crippen molar-refractivity contribution in [1.29, 1.82) is 0 Å². The lowest BCUT2D eigenvalue weighted by molar-refractivity contribution is -0.113. The SMILES string of the molecule is CC(C)n1nccc1NC(=O)CSc1nnc(Nc2cccc(F)c2)s1. The second-order valence-electron chi connectivity index (χ2n) is 5.60. The number of benzene rings is 1. The Morgan fingerprint density at radius 2 is 2.19 bits per heavy atom. The summed E-state index contributed by atoms with van der Waals surface area (Å²) in [5.41, 5.74) is 0.595. The number of nitrogens with zero attached hydrogens (tertiary/aromatic N) is 4. The minimum Gasteiger partial charge on any atom is -0.330 e. The fourth-order valence-electron chi connectivity index (χ4n) is 2.14. The number of nitrogens with one attached hydrogen (secondary N) is 2. The quantitative estimate of drug-likeness (QED) is 0.593. The Labute approximate surface area is 158 Å². The molecule has 136 valence electrons. The van der Waals surface area contributed by atoms with Crippen LogP contribution in [0, 0.1) is 5.82 Å².